The van der Waals surface area contributed by atoms with E-state index < -0.39 is 19.9 Å². The minimum Gasteiger partial charge on any atom is -0.474 e. The van der Waals surface area contributed by atoms with Gasteiger partial charge in [-0.2, -0.15) is 4.31 Å². The van der Waals surface area contributed by atoms with Gasteiger partial charge < -0.3 is 10.1 Å². The predicted molar refractivity (Wildman–Crippen MR) is 129 cm³/mol. The van der Waals surface area contributed by atoms with E-state index in [1.165, 1.54) is 18.6 Å². The molecule has 0 spiro atoms. The lowest BCUT2D eigenvalue weighted by molar-refractivity contribution is 0.0910. The quantitative estimate of drug-likeness (QED) is 0.559. The van der Waals surface area contributed by atoms with Gasteiger partial charge in [0.1, 0.15) is 18.2 Å². The van der Waals surface area contributed by atoms with Crippen LogP contribution in [0.3, 0.4) is 0 Å². The molecule has 2 saturated heterocycles. The molecule has 1 unspecified atom stereocenters. The van der Waals surface area contributed by atoms with Gasteiger partial charge in [-0.1, -0.05) is 0 Å². The van der Waals surface area contributed by atoms with Crippen molar-refractivity contribution in [1.29, 1.82) is 0 Å². The molecule has 35 heavy (non-hydrogen) atoms. The Balaban J connectivity index is 1.14. The van der Waals surface area contributed by atoms with E-state index in [1.54, 1.807) is 10.4 Å². The Labute approximate surface area is 205 Å². The fourth-order valence-corrected chi connectivity index (χ4v) is 9.12. The minimum absolute atomic E-state index is 0.000552. The first kappa shape index (κ1) is 23.1. The van der Waals surface area contributed by atoms with Gasteiger partial charge in [0.15, 0.2) is 14.9 Å². The van der Waals surface area contributed by atoms with Gasteiger partial charge in [-0.15, -0.1) is 0 Å². The van der Waals surface area contributed by atoms with Gasteiger partial charge in [0.05, 0.1) is 27.9 Å². The molecule has 0 radical (unpaired) electrons. The lowest BCUT2D eigenvalue weighted by Crippen LogP contribution is -2.50. The second-order valence-electron chi connectivity index (χ2n) is 10.1. The van der Waals surface area contributed by atoms with Crippen molar-refractivity contribution in [2.75, 3.05) is 5.32 Å². The fraction of sp³-hybridized carbons (Fsp3) is 0.609. The van der Waals surface area contributed by atoms with Crippen molar-refractivity contribution in [1.82, 2.24) is 19.3 Å². The van der Waals surface area contributed by atoms with Crippen LogP contribution in [-0.2, 0) is 19.9 Å². The molecule has 3 atom stereocenters. The number of fused-ring (bicyclic) bond motifs is 2. The molecule has 0 aromatic carbocycles. The fourth-order valence-electron chi connectivity index (χ4n) is 5.28. The third-order valence-corrected chi connectivity index (χ3v) is 12.1. The molecule has 1 N–H and O–H groups in total. The summed E-state index contributed by atoms with van der Waals surface area (Å²) in [5, 5.41) is 2.79. The zero-order chi connectivity index (χ0) is 24.4. The Bertz CT molecular complexity index is 1330. The number of anilines is 2. The highest BCUT2D eigenvalue weighted by Gasteiger charge is 2.52. The summed E-state index contributed by atoms with van der Waals surface area (Å²) in [6, 6.07) is 3.20. The smallest absolute Gasteiger partial charge is 0.221 e. The van der Waals surface area contributed by atoms with Crippen molar-refractivity contribution in [2.24, 2.45) is 0 Å². The Kier molecular flexibility index (Phi) is 5.53. The van der Waals surface area contributed by atoms with Crippen molar-refractivity contribution in [3.63, 3.8) is 0 Å². The van der Waals surface area contributed by atoms with Crippen LogP contribution in [0.15, 0.2) is 29.7 Å². The van der Waals surface area contributed by atoms with Gasteiger partial charge >= 0.3 is 0 Å². The first-order chi connectivity index (χ1) is 16.7. The van der Waals surface area contributed by atoms with Crippen LogP contribution < -0.4 is 10.1 Å². The molecule has 2 aliphatic heterocycles. The van der Waals surface area contributed by atoms with Crippen molar-refractivity contribution in [2.45, 2.75) is 92.0 Å². The van der Waals surface area contributed by atoms with E-state index in [1.807, 2.05) is 6.92 Å². The van der Waals surface area contributed by atoms with Gasteiger partial charge in [0.25, 0.3) is 0 Å². The third-order valence-electron chi connectivity index (χ3n) is 7.43. The average Bonchev–Trinajstić information content (AvgIpc) is 3.73. The maximum absolute atomic E-state index is 12.9. The predicted octanol–water partition coefficient (Wildman–Crippen LogP) is 2.73. The molecular weight excluding hydrogens is 490 g/mol. The van der Waals surface area contributed by atoms with Crippen LogP contribution >= 0.6 is 0 Å². The van der Waals surface area contributed by atoms with E-state index in [0.717, 1.165) is 31.2 Å². The molecule has 4 aliphatic rings. The lowest BCUT2D eigenvalue weighted by atomic mass is 10.0. The van der Waals surface area contributed by atoms with Gasteiger partial charge in [-0.05, 0) is 57.6 Å². The number of rotatable bonds is 8. The minimum atomic E-state index is -3.33. The average molecular weight is 520 g/mol. The number of sulfone groups is 1. The molecule has 4 fully saturated rings. The summed E-state index contributed by atoms with van der Waals surface area (Å²) in [5.41, 5.74) is 1.34. The van der Waals surface area contributed by atoms with Crippen molar-refractivity contribution >= 4 is 31.4 Å². The summed E-state index contributed by atoms with van der Waals surface area (Å²) in [6.45, 7) is 1.86. The maximum atomic E-state index is 12.9. The van der Waals surface area contributed by atoms with E-state index >= 15 is 0 Å². The Morgan fingerprint density at radius 1 is 0.914 bits per heavy atom. The number of hydrogen-bond donors (Lipinski definition) is 1. The van der Waals surface area contributed by atoms with E-state index in [0.29, 0.717) is 43.1 Å². The summed E-state index contributed by atoms with van der Waals surface area (Å²) >= 11 is 0. The molecule has 6 rings (SSSR count). The second kappa shape index (κ2) is 8.38. The van der Waals surface area contributed by atoms with Crippen LogP contribution in [0.25, 0.3) is 0 Å². The SMILES string of the molecule is Cc1c(Nc2ccc(S(=O)(=O)C3CC3)nc2)ncnc1O[C@H]1CC2CC[C@@H](C1)N2S(=O)(=O)C1CC1. The molecule has 12 heteroatoms. The lowest BCUT2D eigenvalue weighted by Gasteiger charge is -2.37. The standard InChI is InChI=1S/C23H29N5O5S2/c1-14-22(27-15-2-9-21(24-12-15)34(29,30)19-5-6-19)25-13-26-23(14)33-18-10-16-3-4-17(11-18)28(16)35(31,32)20-7-8-20/h2,9,12-13,16-20H,3-8,10-11H2,1H3,(H,25,26,27)/t16-,17?,18+/m0/s1. The highest BCUT2D eigenvalue weighted by atomic mass is 32.2. The third kappa shape index (κ3) is 4.29. The van der Waals surface area contributed by atoms with E-state index in [-0.39, 0.29) is 33.7 Å². The Morgan fingerprint density at radius 3 is 2.20 bits per heavy atom. The first-order valence-electron chi connectivity index (χ1n) is 12.2. The number of nitrogens with zero attached hydrogens (tertiary/aromatic N) is 4. The van der Waals surface area contributed by atoms with Crippen molar-refractivity contribution in [3.05, 3.63) is 30.2 Å². The first-order valence-corrected chi connectivity index (χ1v) is 15.3. The monoisotopic (exact) mass is 519 g/mol. The summed E-state index contributed by atoms with van der Waals surface area (Å²) < 4.78 is 58.5. The normalized spacial score (nSPS) is 27.1. The van der Waals surface area contributed by atoms with Crippen molar-refractivity contribution < 1.29 is 21.6 Å². The van der Waals surface area contributed by atoms with Crippen LogP contribution in [0.1, 0.15) is 56.9 Å². The molecule has 0 amide bonds. The molecule has 2 aliphatic carbocycles. The summed E-state index contributed by atoms with van der Waals surface area (Å²) in [7, 11) is -6.52. The van der Waals surface area contributed by atoms with Crippen LogP contribution in [0.5, 0.6) is 5.88 Å². The molecule has 2 aromatic heterocycles. The Morgan fingerprint density at radius 2 is 1.60 bits per heavy atom. The zero-order valence-corrected chi connectivity index (χ0v) is 21.1. The topological polar surface area (TPSA) is 131 Å². The molecule has 2 aromatic rings. The van der Waals surface area contributed by atoms with Gasteiger partial charge in [0.2, 0.25) is 15.9 Å². The molecule has 2 bridgehead atoms. The summed E-state index contributed by atoms with van der Waals surface area (Å²) in [5.74, 6) is 1.01. The molecule has 188 valence electrons. The molecular formula is C23H29N5O5S2. The van der Waals surface area contributed by atoms with E-state index in [2.05, 4.69) is 20.3 Å². The molecule has 4 heterocycles. The van der Waals surface area contributed by atoms with E-state index in [9.17, 15) is 16.8 Å². The number of aromatic nitrogens is 3. The van der Waals surface area contributed by atoms with Crippen LogP contribution in [0.4, 0.5) is 11.5 Å². The molecule has 10 nitrogen and oxygen atoms in total. The van der Waals surface area contributed by atoms with E-state index in [4.69, 9.17) is 4.74 Å². The Hall–Kier alpha value is -2.31. The number of piperidine rings is 1. The summed E-state index contributed by atoms with van der Waals surface area (Å²) in [4.78, 5) is 12.8. The van der Waals surface area contributed by atoms with Crippen LogP contribution in [0, 0.1) is 6.92 Å². The van der Waals surface area contributed by atoms with Gasteiger partial charge in [-0.25, -0.2) is 31.8 Å². The number of sulfonamides is 1. The number of ether oxygens (including phenoxy) is 1. The highest BCUT2D eigenvalue weighted by molar-refractivity contribution is 7.92. The summed E-state index contributed by atoms with van der Waals surface area (Å²) in [6.07, 6.45) is 8.85. The highest BCUT2D eigenvalue weighted by Crippen LogP contribution is 2.44. The molecule has 2 saturated carbocycles. The second-order valence-corrected chi connectivity index (χ2v) is 14.4. The van der Waals surface area contributed by atoms with Gasteiger partial charge in [-0.3, -0.25) is 0 Å². The zero-order valence-electron chi connectivity index (χ0n) is 19.5. The van der Waals surface area contributed by atoms with Crippen LogP contribution in [0.2, 0.25) is 0 Å². The van der Waals surface area contributed by atoms with Crippen LogP contribution in [-0.4, -0.2) is 64.8 Å². The largest absolute Gasteiger partial charge is 0.474 e. The number of pyridine rings is 1. The number of hydrogen-bond acceptors (Lipinski definition) is 9. The van der Waals surface area contributed by atoms with Crippen molar-refractivity contribution in [3.8, 4) is 5.88 Å². The maximum Gasteiger partial charge on any atom is 0.221 e. The number of nitrogens with one attached hydrogen (secondary N) is 1. The van der Waals surface area contributed by atoms with Gasteiger partial charge in [0, 0.05) is 24.9 Å².